The predicted octanol–water partition coefficient (Wildman–Crippen LogP) is 24.5. The van der Waals surface area contributed by atoms with E-state index in [1.165, 1.54) is 186 Å². The maximum atomic E-state index is 13.0. The SMILES string of the molecule is CC/C=C\C/C=C\C/C=C\C/C=C\C/C=C\C/C=C\C/C=C\CCCCCCCCCCCCCCCCCC(=O)OC(COC(=O)CCCCCCCCCCCCCCCCCCCC/C=C\C/C=C\C/C=C\C/C=C\CC)COC(OCC[N+](C)(C)C)C(=O)O. The minimum Gasteiger partial charge on any atom is -0.477 e. The molecule has 0 spiro atoms. The van der Waals surface area contributed by atoms with Crippen molar-refractivity contribution < 1.29 is 42.9 Å². The van der Waals surface area contributed by atoms with Crippen LogP contribution in [0.2, 0.25) is 0 Å². The fraction of sp³-hybridized carbons (Fsp3) is 0.702. The Hall–Kier alpha value is -4.57. The van der Waals surface area contributed by atoms with Crippen molar-refractivity contribution in [1.29, 1.82) is 0 Å². The van der Waals surface area contributed by atoms with Crippen LogP contribution in [0.4, 0.5) is 0 Å². The Morgan fingerprint density at radius 1 is 0.323 bits per heavy atom. The molecule has 0 aromatic rings. The van der Waals surface area contributed by atoms with Crippen LogP contribution in [0.3, 0.4) is 0 Å². The van der Waals surface area contributed by atoms with Gasteiger partial charge in [0.15, 0.2) is 6.10 Å². The molecule has 0 saturated heterocycles. The van der Waals surface area contributed by atoms with Gasteiger partial charge in [-0.15, -0.1) is 0 Å². The normalized spacial score (nSPS) is 13.4. The van der Waals surface area contributed by atoms with Gasteiger partial charge in [0.2, 0.25) is 0 Å². The Bertz CT molecular complexity index is 2000. The lowest BCUT2D eigenvalue weighted by Crippen LogP contribution is -2.40. The summed E-state index contributed by atoms with van der Waals surface area (Å²) in [4.78, 5) is 37.7. The van der Waals surface area contributed by atoms with Crippen molar-refractivity contribution >= 4 is 17.9 Å². The molecule has 2 unspecified atom stereocenters. The number of esters is 2. The molecular weight excluding hydrogens is 1150 g/mol. The summed E-state index contributed by atoms with van der Waals surface area (Å²) in [7, 11) is 5.98. The average molecular weight is 1300 g/mol. The van der Waals surface area contributed by atoms with Crippen LogP contribution in [0.25, 0.3) is 0 Å². The van der Waals surface area contributed by atoms with Crippen LogP contribution in [-0.4, -0.2) is 87.4 Å². The number of hydrogen-bond donors (Lipinski definition) is 1. The van der Waals surface area contributed by atoms with Crippen molar-refractivity contribution in [3.05, 3.63) is 134 Å². The number of carboxylic acids is 1. The summed E-state index contributed by atoms with van der Waals surface area (Å²) in [5.41, 5.74) is 0. The number of aliphatic carboxylic acids is 1. The Balaban J connectivity index is 4.06. The number of carbonyl (C=O) groups is 3. The molecule has 0 aliphatic heterocycles. The average Bonchev–Trinajstić information content (AvgIpc) is 3.73. The zero-order valence-electron chi connectivity index (χ0n) is 60.9. The third kappa shape index (κ3) is 74.7. The number of carboxylic acid groups (broad SMARTS) is 1. The van der Waals surface area contributed by atoms with Crippen LogP contribution in [0, 0.1) is 0 Å². The van der Waals surface area contributed by atoms with Crippen molar-refractivity contribution in [2.45, 2.75) is 334 Å². The molecule has 93 heavy (non-hydrogen) atoms. The second kappa shape index (κ2) is 73.2. The van der Waals surface area contributed by atoms with Crippen LogP contribution < -0.4 is 0 Å². The Kier molecular flexibility index (Phi) is 69.6. The monoisotopic (exact) mass is 1300 g/mol. The minimum atomic E-state index is -1.52. The third-order valence-electron chi connectivity index (χ3n) is 16.4. The van der Waals surface area contributed by atoms with Gasteiger partial charge in [0, 0.05) is 12.8 Å². The van der Waals surface area contributed by atoms with E-state index in [1.54, 1.807) is 0 Å². The van der Waals surface area contributed by atoms with E-state index in [0.29, 0.717) is 17.4 Å². The molecule has 0 radical (unpaired) electrons. The second-order valence-electron chi connectivity index (χ2n) is 26.6. The number of rotatable bonds is 70. The largest absolute Gasteiger partial charge is 0.477 e. The van der Waals surface area contributed by atoms with E-state index in [9.17, 15) is 19.5 Å². The molecule has 0 aromatic carbocycles. The first kappa shape index (κ1) is 88.4. The quantitative estimate of drug-likeness (QED) is 0.0211. The molecule has 0 saturated carbocycles. The highest BCUT2D eigenvalue weighted by atomic mass is 16.7. The number of likely N-dealkylation sites (N-methyl/N-ethyl adjacent to an activating group) is 1. The predicted molar refractivity (Wildman–Crippen MR) is 401 cm³/mol. The van der Waals surface area contributed by atoms with Gasteiger partial charge < -0.3 is 28.5 Å². The van der Waals surface area contributed by atoms with Gasteiger partial charge in [0.1, 0.15) is 13.2 Å². The zero-order valence-corrected chi connectivity index (χ0v) is 60.9. The van der Waals surface area contributed by atoms with Gasteiger partial charge in [-0.25, -0.2) is 4.79 Å². The molecule has 0 aliphatic carbocycles. The summed E-state index contributed by atoms with van der Waals surface area (Å²) in [5, 5.41) is 9.77. The van der Waals surface area contributed by atoms with E-state index >= 15 is 0 Å². The molecule has 0 rings (SSSR count). The molecule has 9 nitrogen and oxygen atoms in total. The number of quaternary nitrogens is 1. The fourth-order valence-electron chi connectivity index (χ4n) is 10.6. The van der Waals surface area contributed by atoms with Crippen LogP contribution in [0.15, 0.2) is 134 Å². The summed E-state index contributed by atoms with van der Waals surface area (Å²) in [6.07, 6.45) is 103. The highest BCUT2D eigenvalue weighted by Crippen LogP contribution is 2.18. The number of ether oxygens (including phenoxy) is 4. The number of nitrogens with zero attached hydrogens (tertiary/aromatic N) is 1. The Labute approximate surface area is 573 Å². The first-order valence-electron chi connectivity index (χ1n) is 38.3. The van der Waals surface area contributed by atoms with Crippen molar-refractivity contribution in [1.82, 2.24) is 0 Å². The molecular formula is C84H144NO8+. The number of carbonyl (C=O) groups excluding carboxylic acids is 2. The lowest BCUT2D eigenvalue weighted by molar-refractivity contribution is -0.870. The van der Waals surface area contributed by atoms with E-state index in [4.69, 9.17) is 18.9 Å². The summed E-state index contributed by atoms with van der Waals surface area (Å²) >= 11 is 0. The van der Waals surface area contributed by atoms with Crippen molar-refractivity contribution in [3.8, 4) is 0 Å². The topological polar surface area (TPSA) is 108 Å². The number of hydrogen-bond acceptors (Lipinski definition) is 7. The third-order valence-corrected chi connectivity index (χ3v) is 16.4. The summed E-state index contributed by atoms with van der Waals surface area (Å²) in [6.45, 7) is 4.68. The zero-order chi connectivity index (χ0) is 67.5. The van der Waals surface area contributed by atoms with Gasteiger partial charge in [0.25, 0.3) is 6.29 Å². The van der Waals surface area contributed by atoms with Gasteiger partial charge in [-0.05, 0) is 109 Å². The van der Waals surface area contributed by atoms with Gasteiger partial charge >= 0.3 is 17.9 Å². The summed E-state index contributed by atoms with van der Waals surface area (Å²) < 4.78 is 23.0. The lowest BCUT2D eigenvalue weighted by atomic mass is 10.0. The van der Waals surface area contributed by atoms with Crippen LogP contribution in [0.1, 0.15) is 322 Å². The molecule has 0 amide bonds. The highest BCUT2D eigenvalue weighted by Gasteiger charge is 2.25. The van der Waals surface area contributed by atoms with Crippen molar-refractivity contribution in [2.75, 3.05) is 47.5 Å². The maximum absolute atomic E-state index is 13.0. The van der Waals surface area contributed by atoms with Crippen LogP contribution in [-0.2, 0) is 33.3 Å². The van der Waals surface area contributed by atoms with E-state index in [0.717, 1.165) is 109 Å². The second-order valence-corrected chi connectivity index (χ2v) is 26.6. The molecule has 1 N–H and O–H groups in total. The maximum Gasteiger partial charge on any atom is 0.361 e. The summed E-state index contributed by atoms with van der Waals surface area (Å²) in [5.74, 6) is -2.00. The number of allylic oxidation sites excluding steroid dienone is 22. The van der Waals surface area contributed by atoms with Gasteiger partial charge in [-0.2, -0.15) is 0 Å². The molecule has 0 heterocycles. The first-order chi connectivity index (χ1) is 45.6. The molecule has 0 fully saturated rings. The van der Waals surface area contributed by atoms with Gasteiger partial charge in [-0.1, -0.05) is 334 Å². The minimum absolute atomic E-state index is 0.184. The molecule has 0 aromatic heterocycles. The Morgan fingerprint density at radius 3 is 0.860 bits per heavy atom. The first-order valence-corrected chi connectivity index (χ1v) is 38.3. The molecule has 2 atom stereocenters. The molecule has 532 valence electrons. The van der Waals surface area contributed by atoms with E-state index < -0.39 is 24.3 Å². The summed E-state index contributed by atoms with van der Waals surface area (Å²) in [6, 6.07) is 0. The molecule has 0 bridgehead atoms. The smallest absolute Gasteiger partial charge is 0.361 e. The van der Waals surface area contributed by atoms with Crippen molar-refractivity contribution in [3.63, 3.8) is 0 Å². The van der Waals surface area contributed by atoms with Gasteiger partial charge in [-0.3, -0.25) is 9.59 Å². The Morgan fingerprint density at radius 2 is 0.581 bits per heavy atom. The highest BCUT2D eigenvalue weighted by molar-refractivity contribution is 5.71. The van der Waals surface area contributed by atoms with Crippen molar-refractivity contribution in [2.24, 2.45) is 0 Å². The van der Waals surface area contributed by atoms with Crippen LogP contribution in [0.5, 0.6) is 0 Å². The molecule has 0 aliphatic rings. The fourth-order valence-corrected chi connectivity index (χ4v) is 10.6. The van der Waals surface area contributed by atoms with Gasteiger partial charge in [0.05, 0.1) is 34.4 Å². The molecule has 9 heteroatoms. The lowest BCUT2D eigenvalue weighted by Gasteiger charge is -2.25. The standard InChI is InChI=1S/C84H143NO8/c1-6-8-10-12-14-16-18-20-22-24-26-28-30-32-34-36-38-39-40-41-42-43-45-47-49-51-53-55-57-59-61-63-65-67-69-71-73-75-82(87)93-80(79-92-84(83(88)89)90-77-76-85(3,4)5)78-91-81(86)74-72-70-68-66-64-62-60-58-56-54-52-50-48-46-44-37-35-33-31-29-27-25-23-21-19-17-15-13-11-9-7-2/h8-11,14-17,20-23,26-29,32,34,38-39,41-42,80,84H,6-7,12-13,18-19,24-25,30-31,33,35-37,40,43-79H2,1-5H3/p+1/b10-8-,11-9-,16-14-,17-15-,22-20-,23-21-,28-26-,29-27-,34-32-,39-38-,42-41-. The number of unbranched alkanes of at least 4 members (excludes halogenated alkanes) is 33. The van der Waals surface area contributed by atoms with E-state index in [2.05, 4.69) is 148 Å². The van der Waals surface area contributed by atoms with E-state index in [1.807, 2.05) is 21.1 Å². The van der Waals surface area contributed by atoms with Crippen LogP contribution >= 0.6 is 0 Å². The van der Waals surface area contributed by atoms with E-state index in [-0.39, 0.29) is 32.2 Å².